The summed E-state index contributed by atoms with van der Waals surface area (Å²) in [7, 11) is -2.53. The van der Waals surface area contributed by atoms with Gasteiger partial charge < -0.3 is 13.6 Å². The molecule has 0 aromatic heterocycles. The molecule has 0 aliphatic carbocycles. The molecule has 0 amide bonds. The topological polar surface area (TPSA) is 40.0 Å². The molecular formula is C13H26NO3P. The van der Waals surface area contributed by atoms with Crippen LogP contribution in [0.2, 0.25) is 0 Å². The second-order valence-electron chi connectivity index (χ2n) is 3.48. The maximum absolute atomic E-state index is 5.57. The predicted molar refractivity (Wildman–Crippen MR) is 76.4 cm³/mol. The molecule has 0 bridgehead atoms. The fourth-order valence-corrected chi connectivity index (χ4v) is 2.95. The van der Waals surface area contributed by atoms with Gasteiger partial charge in [-0.2, -0.15) is 0 Å². The van der Waals surface area contributed by atoms with Gasteiger partial charge in [-0.1, -0.05) is 19.3 Å². The molecule has 0 atom stereocenters. The molecule has 0 aromatic rings. The molecule has 0 rings (SSSR count). The van der Waals surface area contributed by atoms with Crippen molar-refractivity contribution in [3.8, 4) is 11.8 Å². The Balaban J connectivity index is 4.53. The van der Waals surface area contributed by atoms with Crippen LogP contribution in [-0.2, 0) is 13.6 Å². The van der Waals surface area contributed by atoms with Crippen LogP contribution in [0, 0.1) is 11.8 Å². The Labute approximate surface area is 112 Å². The van der Waals surface area contributed by atoms with Crippen LogP contribution in [0.1, 0.15) is 47.0 Å². The lowest BCUT2D eigenvalue weighted by molar-refractivity contribution is 0.162. The Hall–Kier alpha value is -0.330. The minimum absolute atomic E-state index is 0.414. The zero-order valence-corrected chi connectivity index (χ0v) is 13.0. The van der Waals surface area contributed by atoms with Crippen molar-refractivity contribution < 1.29 is 13.6 Å². The van der Waals surface area contributed by atoms with E-state index < -0.39 is 7.74 Å². The quantitative estimate of drug-likeness (QED) is 0.359. The Kier molecular flexibility index (Phi) is 11.5. The SMILES string of the molecule is CCCCC#CCN=P(OCC)(OCC)OCC. The third kappa shape index (κ3) is 7.89. The molecule has 0 spiro atoms. The van der Waals surface area contributed by atoms with Gasteiger partial charge in [-0.15, -0.1) is 5.92 Å². The maximum Gasteiger partial charge on any atom is 0.356 e. The van der Waals surface area contributed by atoms with Gasteiger partial charge in [-0.3, -0.25) is 0 Å². The lowest BCUT2D eigenvalue weighted by Gasteiger charge is -2.21. The van der Waals surface area contributed by atoms with E-state index in [1.807, 2.05) is 20.8 Å². The Bertz CT molecular complexity index is 283. The molecule has 106 valence electrons. The third-order valence-corrected chi connectivity index (χ3v) is 4.22. The zero-order chi connectivity index (χ0) is 13.7. The molecule has 0 saturated carbocycles. The first-order chi connectivity index (χ1) is 8.74. The highest BCUT2D eigenvalue weighted by Gasteiger charge is 2.21. The first-order valence-corrected chi connectivity index (χ1v) is 8.21. The molecule has 0 saturated heterocycles. The molecule has 0 unspecified atom stereocenters. The van der Waals surface area contributed by atoms with Crippen LogP contribution >= 0.6 is 7.74 Å². The van der Waals surface area contributed by atoms with Gasteiger partial charge in [0.2, 0.25) is 0 Å². The second kappa shape index (κ2) is 11.7. The summed E-state index contributed by atoms with van der Waals surface area (Å²) < 4.78 is 21.1. The van der Waals surface area contributed by atoms with Crippen molar-refractivity contribution in [2.45, 2.75) is 47.0 Å². The van der Waals surface area contributed by atoms with Gasteiger partial charge in [0.15, 0.2) is 0 Å². The molecular weight excluding hydrogens is 249 g/mol. The first-order valence-electron chi connectivity index (χ1n) is 6.72. The number of hydrogen-bond acceptors (Lipinski definition) is 4. The van der Waals surface area contributed by atoms with Gasteiger partial charge in [-0.25, -0.2) is 4.74 Å². The molecule has 0 aliphatic rings. The highest BCUT2D eigenvalue weighted by molar-refractivity contribution is 7.51. The molecule has 4 nitrogen and oxygen atoms in total. The highest BCUT2D eigenvalue weighted by Crippen LogP contribution is 2.52. The smallest absolute Gasteiger partial charge is 0.303 e. The van der Waals surface area contributed by atoms with E-state index in [0.717, 1.165) is 12.8 Å². The molecule has 0 N–H and O–H groups in total. The van der Waals surface area contributed by atoms with Crippen LogP contribution in [0.3, 0.4) is 0 Å². The average molecular weight is 275 g/mol. The van der Waals surface area contributed by atoms with E-state index in [1.54, 1.807) is 0 Å². The number of rotatable bonds is 9. The standard InChI is InChI=1S/C13H26NO3P/c1-5-9-10-11-12-13-14-18(15-6-2,16-7-3)17-8-4/h5-10,13H2,1-4H3. The second-order valence-corrected chi connectivity index (χ2v) is 5.47. The monoisotopic (exact) mass is 275 g/mol. The van der Waals surface area contributed by atoms with Crippen LogP contribution in [0.15, 0.2) is 4.74 Å². The number of hydrogen-bond donors (Lipinski definition) is 0. The van der Waals surface area contributed by atoms with Crippen molar-refractivity contribution in [2.24, 2.45) is 4.74 Å². The summed E-state index contributed by atoms with van der Waals surface area (Å²) in [5.74, 6) is 6.11. The van der Waals surface area contributed by atoms with Gasteiger partial charge in [-0.05, 0) is 27.2 Å². The summed E-state index contributed by atoms with van der Waals surface area (Å²) in [4.78, 5) is 0. The maximum atomic E-state index is 5.57. The Morgan fingerprint density at radius 2 is 1.44 bits per heavy atom. The van der Waals surface area contributed by atoms with Gasteiger partial charge in [0.1, 0.15) is 6.54 Å². The van der Waals surface area contributed by atoms with E-state index in [4.69, 9.17) is 13.6 Å². The molecule has 0 aromatic carbocycles. The lowest BCUT2D eigenvalue weighted by atomic mass is 10.2. The van der Waals surface area contributed by atoms with Gasteiger partial charge >= 0.3 is 7.74 Å². The van der Waals surface area contributed by atoms with E-state index in [-0.39, 0.29) is 0 Å². The summed E-state index contributed by atoms with van der Waals surface area (Å²) in [6.45, 7) is 9.89. The van der Waals surface area contributed by atoms with Crippen LogP contribution in [0.5, 0.6) is 0 Å². The van der Waals surface area contributed by atoms with Crippen molar-refractivity contribution in [2.75, 3.05) is 26.4 Å². The highest BCUT2D eigenvalue weighted by atomic mass is 31.2. The van der Waals surface area contributed by atoms with Crippen LogP contribution in [0.25, 0.3) is 0 Å². The average Bonchev–Trinajstić information content (AvgIpc) is 2.35. The van der Waals surface area contributed by atoms with Crippen molar-refractivity contribution in [1.82, 2.24) is 0 Å². The molecule has 5 heteroatoms. The van der Waals surface area contributed by atoms with Crippen molar-refractivity contribution in [3.05, 3.63) is 0 Å². The first kappa shape index (κ1) is 17.7. The van der Waals surface area contributed by atoms with E-state index in [1.165, 1.54) is 6.42 Å². The van der Waals surface area contributed by atoms with E-state index >= 15 is 0 Å². The van der Waals surface area contributed by atoms with Crippen LogP contribution in [-0.4, -0.2) is 26.4 Å². The van der Waals surface area contributed by atoms with Crippen molar-refractivity contribution >= 4 is 7.74 Å². The van der Waals surface area contributed by atoms with E-state index in [9.17, 15) is 0 Å². The normalized spacial score (nSPS) is 10.9. The molecule has 18 heavy (non-hydrogen) atoms. The molecule has 0 heterocycles. The summed E-state index contributed by atoms with van der Waals surface area (Å²) in [6, 6.07) is 0. The van der Waals surface area contributed by atoms with Gasteiger partial charge in [0.25, 0.3) is 0 Å². The lowest BCUT2D eigenvalue weighted by Crippen LogP contribution is -2.01. The summed E-state index contributed by atoms with van der Waals surface area (Å²) in [6.07, 6.45) is 3.23. The van der Waals surface area contributed by atoms with E-state index in [2.05, 4.69) is 23.5 Å². The Morgan fingerprint density at radius 3 is 1.89 bits per heavy atom. The van der Waals surface area contributed by atoms with Gasteiger partial charge in [0, 0.05) is 6.42 Å². The van der Waals surface area contributed by atoms with E-state index in [0.29, 0.717) is 26.4 Å². The number of nitrogens with zero attached hydrogens (tertiary/aromatic N) is 1. The minimum Gasteiger partial charge on any atom is -0.303 e. The zero-order valence-electron chi connectivity index (χ0n) is 12.1. The van der Waals surface area contributed by atoms with Crippen LogP contribution in [0.4, 0.5) is 0 Å². The molecule has 0 radical (unpaired) electrons. The summed E-state index contributed by atoms with van der Waals surface area (Å²) in [5.41, 5.74) is 0. The summed E-state index contributed by atoms with van der Waals surface area (Å²) >= 11 is 0. The van der Waals surface area contributed by atoms with Gasteiger partial charge in [0.05, 0.1) is 19.8 Å². The van der Waals surface area contributed by atoms with Crippen molar-refractivity contribution in [1.29, 1.82) is 0 Å². The van der Waals surface area contributed by atoms with Crippen molar-refractivity contribution in [3.63, 3.8) is 0 Å². The Morgan fingerprint density at radius 1 is 0.889 bits per heavy atom. The third-order valence-electron chi connectivity index (χ3n) is 1.98. The molecule has 0 aliphatic heterocycles. The fraction of sp³-hybridized carbons (Fsp3) is 0.846. The number of unbranched alkanes of at least 4 members (excludes halogenated alkanes) is 2. The largest absolute Gasteiger partial charge is 0.356 e. The fourth-order valence-electron chi connectivity index (χ4n) is 1.26. The predicted octanol–water partition coefficient (Wildman–Crippen LogP) is 4.24. The van der Waals surface area contributed by atoms with Crippen LogP contribution < -0.4 is 0 Å². The minimum atomic E-state index is -2.53. The molecule has 0 fully saturated rings. The summed E-state index contributed by atoms with van der Waals surface area (Å²) in [5, 5.41) is 0.